The smallest absolute Gasteiger partial charge is 0.416 e. The highest BCUT2D eigenvalue weighted by molar-refractivity contribution is 5.89. The molecule has 4 nitrogen and oxygen atoms in total. The quantitative estimate of drug-likeness (QED) is 0.771. The molecule has 0 radical (unpaired) electrons. The largest absolute Gasteiger partial charge is 0.436 e. The van der Waals surface area contributed by atoms with Crippen LogP contribution in [0.25, 0.3) is 0 Å². The van der Waals surface area contributed by atoms with Crippen LogP contribution in [0.1, 0.15) is 24.0 Å². The number of hydrogen-bond acceptors (Lipinski definition) is 3. The van der Waals surface area contributed by atoms with Crippen LogP contribution in [-0.4, -0.2) is 19.2 Å². The van der Waals surface area contributed by atoms with Crippen molar-refractivity contribution in [2.75, 3.05) is 18.4 Å². The van der Waals surface area contributed by atoms with Crippen molar-refractivity contribution in [1.82, 2.24) is 5.32 Å². The minimum Gasteiger partial charge on any atom is -0.436 e. The zero-order valence-corrected chi connectivity index (χ0v) is 10.5. The van der Waals surface area contributed by atoms with Crippen molar-refractivity contribution in [1.29, 1.82) is 0 Å². The maximum Gasteiger partial charge on any atom is 0.416 e. The number of ether oxygens (including phenoxy) is 1. The molecular formula is C13H13F3N2O2. The van der Waals surface area contributed by atoms with Crippen LogP contribution in [-0.2, 0) is 16.5 Å². The number of piperidine rings is 1. The van der Waals surface area contributed by atoms with Crippen molar-refractivity contribution in [3.05, 3.63) is 29.3 Å². The number of amides is 1. The molecule has 1 unspecified atom stereocenters. The first-order chi connectivity index (χ1) is 9.42. The number of halogens is 3. The van der Waals surface area contributed by atoms with E-state index in [1.165, 1.54) is 12.1 Å². The molecule has 2 N–H and O–H groups in total. The molecule has 1 aromatic carbocycles. The van der Waals surface area contributed by atoms with Crippen LogP contribution in [0.4, 0.5) is 23.7 Å². The van der Waals surface area contributed by atoms with E-state index in [4.69, 9.17) is 4.74 Å². The number of rotatable bonds is 0. The molecular weight excluding hydrogens is 273 g/mol. The SMILES string of the molecule is O=C1Nc2cccc(C(F)(F)F)c2C2(CCCNC2)O1. The summed E-state index contributed by atoms with van der Waals surface area (Å²) >= 11 is 0. The summed E-state index contributed by atoms with van der Waals surface area (Å²) in [6.07, 6.45) is -4.16. The van der Waals surface area contributed by atoms with Gasteiger partial charge in [0, 0.05) is 12.1 Å². The molecule has 0 aliphatic carbocycles. The molecule has 1 amide bonds. The van der Waals surface area contributed by atoms with Gasteiger partial charge in [-0.1, -0.05) is 6.07 Å². The minimum absolute atomic E-state index is 0.0271. The number of anilines is 1. The zero-order chi connectivity index (χ0) is 14.4. The number of nitrogens with one attached hydrogen (secondary N) is 2. The Hall–Kier alpha value is -1.76. The van der Waals surface area contributed by atoms with Gasteiger partial charge in [-0.05, 0) is 31.5 Å². The van der Waals surface area contributed by atoms with Crippen molar-refractivity contribution in [3.8, 4) is 0 Å². The Labute approximate surface area is 113 Å². The molecule has 0 saturated carbocycles. The van der Waals surface area contributed by atoms with Gasteiger partial charge in [0.05, 0.1) is 11.3 Å². The van der Waals surface area contributed by atoms with Crippen LogP contribution in [0.15, 0.2) is 18.2 Å². The molecule has 3 rings (SSSR count). The van der Waals surface area contributed by atoms with Gasteiger partial charge < -0.3 is 10.1 Å². The molecule has 1 fully saturated rings. The van der Waals surface area contributed by atoms with E-state index in [1.54, 1.807) is 0 Å². The number of carbonyl (C=O) groups is 1. The van der Waals surface area contributed by atoms with E-state index < -0.39 is 23.4 Å². The fourth-order valence-corrected chi connectivity index (χ4v) is 2.93. The van der Waals surface area contributed by atoms with E-state index in [0.29, 0.717) is 19.4 Å². The summed E-state index contributed by atoms with van der Waals surface area (Å²) in [7, 11) is 0. The summed E-state index contributed by atoms with van der Waals surface area (Å²) in [5.74, 6) is 0. The van der Waals surface area contributed by atoms with Crippen LogP contribution in [0.3, 0.4) is 0 Å². The van der Waals surface area contributed by atoms with E-state index >= 15 is 0 Å². The Morgan fingerprint density at radius 3 is 2.75 bits per heavy atom. The van der Waals surface area contributed by atoms with E-state index in [2.05, 4.69) is 10.6 Å². The monoisotopic (exact) mass is 286 g/mol. The fourth-order valence-electron chi connectivity index (χ4n) is 2.93. The number of fused-ring (bicyclic) bond motifs is 2. The van der Waals surface area contributed by atoms with Gasteiger partial charge in [-0.15, -0.1) is 0 Å². The van der Waals surface area contributed by atoms with Crippen LogP contribution >= 0.6 is 0 Å². The molecule has 1 spiro atoms. The Balaban J connectivity index is 2.20. The lowest BCUT2D eigenvalue weighted by atomic mass is 9.81. The summed E-state index contributed by atoms with van der Waals surface area (Å²) in [4.78, 5) is 11.6. The van der Waals surface area contributed by atoms with Crippen molar-refractivity contribution >= 4 is 11.8 Å². The summed E-state index contributed by atoms with van der Waals surface area (Å²) in [5.41, 5.74) is -1.78. The van der Waals surface area contributed by atoms with E-state index in [9.17, 15) is 18.0 Å². The van der Waals surface area contributed by atoms with Gasteiger partial charge in [-0.25, -0.2) is 4.79 Å². The lowest BCUT2D eigenvalue weighted by molar-refractivity contribution is -0.141. The molecule has 1 saturated heterocycles. The average Bonchev–Trinajstić information content (AvgIpc) is 2.37. The summed E-state index contributed by atoms with van der Waals surface area (Å²) in [6, 6.07) is 3.79. The molecule has 1 atom stereocenters. The highest BCUT2D eigenvalue weighted by Gasteiger charge is 2.48. The molecule has 0 aromatic heterocycles. The first-order valence-electron chi connectivity index (χ1n) is 6.34. The topological polar surface area (TPSA) is 50.4 Å². The predicted molar refractivity (Wildman–Crippen MR) is 65.3 cm³/mol. The van der Waals surface area contributed by atoms with Crippen molar-refractivity contribution < 1.29 is 22.7 Å². The molecule has 2 heterocycles. The van der Waals surface area contributed by atoms with Gasteiger partial charge >= 0.3 is 12.3 Å². The Morgan fingerprint density at radius 2 is 2.10 bits per heavy atom. The minimum atomic E-state index is -4.48. The second-order valence-corrected chi connectivity index (χ2v) is 5.02. The fraction of sp³-hybridized carbons (Fsp3) is 0.462. The van der Waals surface area contributed by atoms with E-state index in [-0.39, 0.29) is 17.8 Å². The van der Waals surface area contributed by atoms with Crippen molar-refractivity contribution in [2.45, 2.75) is 24.6 Å². The zero-order valence-electron chi connectivity index (χ0n) is 10.5. The first-order valence-corrected chi connectivity index (χ1v) is 6.34. The number of hydrogen-bond donors (Lipinski definition) is 2. The Morgan fingerprint density at radius 1 is 1.30 bits per heavy atom. The van der Waals surface area contributed by atoms with Gasteiger partial charge in [-0.2, -0.15) is 13.2 Å². The third-order valence-electron chi connectivity index (χ3n) is 3.69. The van der Waals surface area contributed by atoms with E-state index in [0.717, 1.165) is 6.07 Å². The van der Waals surface area contributed by atoms with Crippen molar-refractivity contribution in [2.24, 2.45) is 0 Å². The lowest BCUT2D eigenvalue weighted by Crippen LogP contribution is -2.50. The molecule has 20 heavy (non-hydrogen) atoms. The molecule has 2 aliphatic heterocycles. The predicted octanol–water partition coefficient (Wildman–Crippen LogP) is 2.85. The van der Waals surface area contributed by atoms with E-state index in [1.807, 2.05) is 0 Å². The molecule has 7 heteroatoms. The standard InChI is InChI=1S/C13H13F3N2O2/c14-13(15,16)8-3-1-4-9-10(8)12(20-11(19)18-9)5-2-6-17-7-12/h1,3-4,17H,2,5-7H2,(H,18,19). The normalized spacial score (nSPS) is 25.9. The lowest BCUT2D eigenvalue weighted by Gasteiger charge is -2.42. The van der Waals surface area contributed by atoms with Gasteiger partial charge in [0.1, 0.15) is 0 Å². The maximum atomic E-state index is 13.2. The summed E-state index contributed by atoms with van der Waals surface area (Å²) in [6.45, 7) is 0.900. The number of benzene rings is 1. The Bertz CT molecular complexity index is 551. The van der Waals surface area contributed by atoms with Gasteiger partial charge in [0.15, 0.2) is 5.60 Å². The average molecular weight is 286 g/mol. The third kappa shape index (κ3) is 2.02. The molecule has 108 valence electrons. The number of carbonyl (C=O) groups excluding carboxylic acids is 1. The molecule has 0 bridgehead atoms. The summed E-state index contributed by atoms with van der Waals surface area (Å²) in [5, 5.41) is 5.37. The second kappa shape index (κ2) is 4.37. The summed E-state index contributed by atoms with van der Waals surface area (Å²) < 4.78 is 44.9. The van der Waals surface area contributed by atoms with Gasteiger partial charge in [0.2, 0.25) is 0 Å². The van der Waals surface area contributed by atoms with Crippen molar-refractivity contribution in [3.63, 3.8) is 0 Å². The first kappa shape index (κ1) is 13.2. The van der Waals surface area contributed by atoms with Gasteiger partial charge in [-0.3, -0.25) is 5.32 Å². The van der Waals surface area contributed by atoms with Crippen LogP contribution in [0.2, 0.25) is 0 Å². The van der Waals surface area contributed by atoms with Crippen LogP contribution in [0, 0.1) is 0 Å². The third-order valence-corrected chi connectivity index (χ3v) is 3.69. The highest BCUT2D eigenvalue weighted by atomic mass is 19.4. The molecule has 1 aromatic rings. The van der Waals surface area contributed by atoms with Gasteiger partial charge in [0.25, 0.3) is 0 Å². The maximum absolute atomic E-state index is 13.2. The second-order valence-electron chi connectivity index (χ2n) is 5.02. The highest BCUT2D eigenvalue weighted by Crippen LogP contribution is 2.46. The van der Waals surface area contributed by atoms with Crippen LogP contribution < -0.4 is 10.6 Å². The molecule has 2 aliphatic rings. The Kier molecular flexibility index (Phi) is 2.89. The number of alkyl halides is 3. The van der Waals surface area contributed by atoms with Crippen LogP contribution in [0.5, 0.6) is 0 Å².